The van der Waals surface area contributed by atoms with E-state index < -0.39 is 0 Å². The number of aryl methyl sites for hydroxylation is 1. The van der Waals surface area contributed by atoms with Gasteiger partial charge in [0, 0.05) is 17.9 Å². The third-order valence-corrected chi connectivity index (χ3v) is 4.71. The second kappa shape index (κ2) is 6.76. The molecule has 0 spiro atoms. The Labute approximate surface area is 128 Å². The number of likely N-dealkylation sites (tertiary alicyclic amines) is 1. The predicted octanol–water partition coefficient (Wildman–Crippen LogP) is 4.43. The maximum Gasteiger partial charge on any atom is 0.255 e. The van der Waals surface area contributed by atoms with Crippen molar-refractivity contribution in [3.8, 4) is 0 Å². The number of carbonyl (C=O) groups is 1. The van der Waals surface area contributed by atoms with Gasteiger partial charge in [-0.05, 0) is 44.2 Å². The van der Waals surface area contributed by atoms with Crippen LogP contribution in [0.3, 0.4) is 0 Å². The van der Waals surface area contributed by atoms with Gasteiger partial charge in [0.2, 0.25) is 0 Å². The highest BCUT2D eigenvalue weighted by Gasteiger charge is 2.28. The fourth-order valence-electron chi connectivity index (χ4n) is 2.66. The van der Waals surface area contributed by atoms with E-state index in [0.29, 0.717) is 16.6 Å². The smallest absolute Gasteiger partial charge is 0.255 e. The number of carbonyl (C=O) groups excluding carboxylic acids is 1. The SMILES string of the molecule is Cc1cccc(C(=O)N2CCCCC2CCBr)c1Cl. The second-order valence-electron chi connectivity index (χ2n) is 5.06. The summed E-state index contributed by atoms with van der Waals surface area (Å²) in [6.45, 7) is 2.78. The number of hydrogen-bond donors (Lipinski definition) is 0. The molecular formula is C15H19BrClNO. The van der Waals surface area contributed by atoms with Gasteiger partial charge in [-0.3, -0.25) is 4.79 Å². The molecule has 1 aromatic rings. The molecule has 1 fully saturated rings. The van der Waals surface area contributed by atoms with E-state index in [1.165, 1.54) is 6.42 Å². The Hall–Kier alpha value is -0.540. The monoisotopic (exact) mass is 343 g/mol. The highest BCUT2D eigenvalue weighted by atomic mass is 79.9. The van der Waals surface area contributed by atoms with Crippen molar-refractivity contribution >= 4 is 33.4 Å². The van der Waals surface area contributed by atoms with E-state index in [-0.39, 0.29) is 5.91 Å². The molecule has 2 nitrogen and oxygen atoms in total. The number of rotatable bonds is 3. The summed E-state index contributed by atoms with van der Waals surface area (Å²) >= 11 is 9.76. The van der Waals surface area contributed by atoms with Crippen LogP contribution in [0.4, 0.5) is 0 Å². The van der Waals surface area contributed by atoms with E-state index in [2.05, 4.69) is 15.9 Å². The third kappa shape index (κ3) is 3.32. The summed E-state index contributed by atoms with van der Waals surface area (Å²) in [6.07, 6.45) is 4.41. The van der Waals surface area contributed by atoms with Gasteiger partial charge in [0.05, 0.1) is 10.6 Å². The van der Waals surface area contributed by atoms with E-state index in [4.69, 9.17) is 11.6 Å². The average molecular weight is 345 g/mol. The third-order valence-electron chi connectivity index (χ3n) is 3.75. The van der Waals surface area contributed by atoms with Crippen molar-refractivity contribution in [1.29, 1.82) is 0 Å². The summed E-state index contributed by atoms with van der Waals surface area (Å²) in [5.74, 6) is 0.0827. The first kappa shape index (κ1) is 14.9. The Balaban J connectivity index is 2.23. The molecule has 0 aliphatic carbocycles. The van der Waals surface area contributed by atoms with Crippen molar-refractivity contribution in [2.75, 3.05) is 11.9 Å². The van der Waals surface area contributed by atoms with Gasteiger partial charge in [-0.25, -0.2) is 0 Å². The molecule has 1 unspecified atom stereocenters. The molecule has 0 aromatic heterocycles. The predicted molar refractivity (Wildman–Crippen MR) is 83.3 cm³/mol. The number of piperidine rings is 1. The minimum atomic E-state index is 0.0827. The fourth-order valence-corrected chi connectivity index (χ4v) is 3.40. The minimum Gasteiger partial charge on any atom is -0.336 e. The molecule has 1 aliphatic heterocycles. The number of alkyl halides is 1. The van der Waals surface area contributed by atoms with Crippen LogP contribution in [0.25, 0.3) is 0 Å². The largest absolute Gasteiger partial charge is 0.336 e. The molecule has 1 amide bonds. The lowest BCUT2D eigenvalue weighted by atomic mass is 9.98. The van der Waals surface area contributed by atoms with Crippen molar-refractivity contribution in [3.63, 3.8) is 0 Å². The van der Waals surface area contributed by atoms with Crippen LogP contribution in [0, 0.1) is 6.92 Å². The van der Waals surface area contributed by atoms with Gasteiger partial charge in [0.25, 0.3) is 5.91 Å². The molecule has 0 N–H and O–H groups in total. The van der Waals surface area contributed by atoms with Gasteiger partial charge in [0.1, 0.15) is 0 Å². The normalized spacial score (nSPS) is 19.5. The van der Waals surface area contributed by atoms with Crippen molar-refractivity contribution in [1.82, 2.24) is 4.90 Å². The Morgan fingerprint density at radius 1 is 1.47 bits per heavy atom. The van der Waals surface area contributed by atoms with Crippen LogP contribution in [0.15, 0.2) is 18.2 Å². The minimum absolute atomic E-state index is 0.0827. The number of nitrogens with zero attached hydrogens (tertiary/aromatic N) is 1. The topological polar surface area (TPSA) is 20.3 Å². The lowest BCUT2D eigenvalue weighted by Crippen LogP contribution is -2.44. The van der Waals surface area contributed by atoms with Crippen molar-refractivity contribution < 1.29 is 4.79 Å². The molecule has 0 saturated carbocycles. The molecule has 2 rings (SSSR count). The first-order chi connectivity index (χ1) is 9.15. The lowest BCUT2D eigenvalue weighted by molar-refractivity contribution is 0.0610. The Morgan fingerprint density at radius 3 is 3.00 bits per heavy atom. The maximum absolute atomic E-state index is 12.7. The van der Waals surface area contributed by atoms with Crippen LogP contribution in [0.2, 0.25) is 5.02 Å². The van der Waals surface area contributed by atoms with E-state index in [1.807, 2.05) is 30.0 Å². The van der Waals surface area contributed by atoms with Crippen molar-refractivity contribution in [2.45, 2.75) is 38.6 Å². The first-order valence-corrected chi connectivity index (χ1v) is 8.27. The lowest BCUT2D eigenvalue weighted by Gasteiger charge is -2.36. The zero-order chi connectivity index (χ0) is 13.8. The van der Waals surface area contributed by atoms with Crippen LogP contribution < -0.4 is 0 Å². The van der Waals surface area contributed by atoms with E-state index in [0.717, 1.165) is 36.7 Å². The summed E-state index contributed by atoms with van der Waals surface area (Å²) in [5.41, 5.74) is 1.60. The summed E-state index contributed by atoms with van der Waals surface area (Å²) in [4.78, 5) is 14.7. The first-order valence-electron chi connectivity index (χ1n) is 6.77. The Morgan fingerprint density at radius 2 is 2.26 bits per heavy atom. The van der Waals surface area contributed by atoms with Crippen LogP contribution in [0.5, 0.6) is 0 Å². The molecule has 1 aliphatic rings. The Bertz CT molecular complexity index is 461. The van der Waals surface area contributed by atoms with Crippen LogP contribution in [-0.4, -0.2) is 28.7 Å². The molecule has 1 heterocycles. The summed E-state index contributed by atoms with van der Waals surface area (Å²) in [7, 11) is 0. The van der Waals surface area contributed by atoms with Crippen molar-refractivity contribution in [3.05, 3.63) is 34.3 Å². The molecule has 104 valence electrons. The zero-order valence-corrected chi connectivity index (χ0v) is 13.5. The molecule has 4 heteroatoms. The van der Waals surface area contributed by atoms with Gasteiger partial charge in [-0.2, -0.15) is 0 Å². The van der Waals surface area contributed by atoms with Crippen molar-refractivity contribution in [2.24, 2.45) is 0 Å². The van der Waals surface area contributed by atoms with Gasteiger partial charge in [-0.15, -0.1) is 0 Å². The summed E-state index contributed by atoms with van der Waals surface area (Å²) < 4.78 is 0. The summed E-state index contributed by atoms with van der Waals surface area (Å²) in [5, 5.41) is 1.53. The van der Waals surface area contributed by atoms with Gasteiger partial charge < -0.3 is 4.90 Å². The Kier molecular flexibility index (Phi) is 5.28. The number of amides is 1. The quantitative estimate of drug-likeness (QED) is 0.743. The standard InChI is InChI=1S/C15H19BrClNO/c1-11-5-4-7-13(14(11)17)15(19)18-10-3-2-6-12(18)8-9-16/h4-5,7,12H,2-3,6,8-10H2,1H3. The second-order valence-corrected chi connectivity index (χ2v) is 6.23. The molecule has 0 bridgehead atoms. The molecule has 0 radical (unpaired) electrons. The van der Waals surface area contributed by atoms with Gasteiger partial charge in [0.15, 0.2) is 0 Å². The molecular weight excluding hydrogens is 326 g/mol. The van der Waals surface area contributed by atoms with Crippen LogP contribution >= 0.6 is 27.5 Å². The molecule has 1 atom stereocenters. The zero-order valence-electron chi connectivity index (χ0n) is 11.2. The van der Waals surface area contributed by atoms with E-state index >= 15 is 0 Å². The molecule has 1 aromatic carbocycles. The molecule has 1 saturated heterocycles. The highest BCUT2D eigenvalue weighted by Crippen LogP contribution is 2.26. The number of benzene rings is 1. The van der Waals surface area contributed by atoms with Gasteiger partial charge in [-0.1, -0.05) is 39.7 Å². The number of halogens is 2. The maximum atomic E-state index is 12.7. The van der Waals surface area contributed by atoms with Crippen LogP contribution in [0.1, 0.15) is 41.6 Å². The van der Waals surface area contributed by atoms with E-state index in [1.54, 1.807) is 0 Å². The van der Waals surface area contributed by atoms with Gasteiger partial charge >= 0.3 is 0 Å². The average Bonchev–Trinajstić information content (AvgIpc) is 2.42. The fraction of sp³-hybridized carbons (Fsp3) is 0.533. The van der Waals surface area contributed by atoms with Crippen LogP contribution in [-0.2, 0) is 0 Å². The molecule has 19 heavy (non-hydrogen) atoms. The van der Waals surface area contributed by atoms with E-state index in [9.17, 15) is 4.79 Å². The highest BCUT2D eigenvalue weighted by molar-refractivity contribution is 9.09. The number of hydrogen-bond acceptors (Lipinski definition) is 1. The summed E-state index contributed by atoms with van der Waals surface area (Å²) in [6, 6.07) is 6.01.